The average Bonchev–Trinajstić information content (AvgIpc) is 3.65. The molecule has 0 unspecified atom stereocenters. The lowest BCUT2D eigenvalue weighted by atomic mass is 10.0. The van der Waals surface area contributed by atoms with Crippen molar-refractivity contribution in [2.24, 2.45) is 7.05 Å². The Balaban J connectivity index is 1.24. The normalized spacial score (nSPS) is 15.6. The number of carbonyl (C=O) groups is 1. The molecule has 1 aliphatic heterocycles. The molecule has 180 valence electrons. The highest BCUT2D eigenvalue weighted by atomic mass is 35.5. The summed E-state index contributed by atoms with van der Waals surface area (Å²) < 4.78 is 1.80. The molecule has 6 nitrogen and oxygen atoms in total. The molecule has 3 aromatic carbocycles. The first-order valence-electron chi connectivity index (χ1n) is 12.2. The zero-order valence-corrected chi connectivity index (χ0v) is 20.7. The highest BCUT2D eigenvalue weighted by Gasteiger charge is 2.30. The van der Waals surface area contributed by atoms with Gasteiger partial charge in [0.05, 0.1) is 17.8 Å². The molecule has 1 saturated heterocycles. The Bertz CT molecular complexity index is 1530. The minimum atomic E-state index is 0.0577. The van der Waals surface area contributed by atoms with Gasteiger partial charge in [0, 0.05) is 53.4 Å². The number of hydrogen-bond donors (Lipinski definition) is 1. The summed E-state index contributed by atoms with van der Waals surface area (Å²) in [5.41, 5.74) is 7.09. The summed E-state index contributed by atoms with van der Waals surface area (Å²) in [6.45, 7) is 0.756. The summed E-state index contributed by atoms with van der Waals surface area (Å²) in [6, 6.07) is 22.2. The highest BCUT2D eigenvalue weighted by Crippen LogP contribution is 2.34. The van der Waals surface area contributed by atoms with Gasteiger partial charge in [0.15, 0.2) is 0 Å². The number of nitrogens with one attached hydrogen (secondary N) is 1. The van der Waals surface area contributed by atoms with E-state index in [4.69, 9.17) is 11.6 Å². The number of benzene rings is 3. The molecule has 0 radical (unpaired) electrons. The van der Waals surface area contributed by atoms with Crippen LogP contribution in [0.15, 0.2) is 79.1 Å². The molecule has 3 heterocycles. The molecule has 5 aromatic rings. The van der Waals surface area contributed by atoms with Gasteiger partial charge in [-0.3, -0.25) is 14.6 Å². The van der Waals surface area contributed by atoms with Crippen molar-refractivity contribution >= 4 is 28.4 Å². The zero-order valence-electron chi connectivity index (χ0n) is 20.0. The second-order valence-corrected chi connectivity index (χ2v) is 9.86. The van der Waals surface area contributed by atoms with E-state index >= 15 is 0 Å². The molecule has 1 aliphatic rings. The number of aromatic nitrogens is 4. The monoisotopic (exact) mass is 495 g/mol. The van der Waals surface area contributed by atoms with Gasteiger partial charge in [-0.25, -0.2) is 0 Å². The first-order chi connectivity index (χ1) is 17.5. The molecule has 1 amide bonds. The van der Waals surface area contributed by atoms with Gasteiger partial charge in [0.2, 0.25) is 0 Å². The van der Waals surface area contributed by atoms with Gasteiger partial charge in [0.1, 0.15) is 0 Å². The predicted octanol–water partition coefficient (Wildman–Crippen LogP) is 6.18. The van der Waals surface area contributed by atoms with Crippen molar-refractivity contribution in [3.8, 4) is 11.1 Å². The SMILES string of the molecule is Cn1cc(-c2ccc(Cc3[nH]nc4ccc(C(=O)N5CCC[C@@H]5c5ccc(Cl)cc5)cc34)cc2)cn1. The van der Waals surface area contributed by atoms with Crippen LogP contribution in [0.25, 0.3) is 22.0 Å². The number of fused-ring (bicyclic) bond motifs is 1. The van der Waals surface area contributed by atoms with Gasteiger partial charge < -0.3 is 4.90 Å². The molecule has 1 N–H and O–H groups in total. The largest absolute Gasteiger partial charge is 0.332 e. The van der Waals surface area contributed by atoms with Gasteiger partial charge in [-0.1, -0.05) is 48.0 Å². The summed E-state index contributed by atoms with van der Waals surface area (Å²) in [4.78, 5) is 15.6. The molecule has 0 saturated carbocycles. The smallest absolute Gasteiger partial charge is 0.254 e. The third-order valence-corrected chi connectivity index (χ3v) is 7.27. The van der Waals surface area contributed by atoms with Crippen molar-refractivity contribution in [2.45, 2.75) is 25.3 Å². The molecule has 1 atom stereocenters. The van der Waals surface area contributed by atoms with E-state index in [0.29, 0.717) is 17.0 Å². The number of aromatic amines is 1. The third-order valence-electron chi connectivity index (χ3n) is 7.02. The third kappa shape index (κ3) is 4.29. The maximum absolute atomic E-state index is 13.6. The van der Waals surface area contributed by atoms with E-state index in [1.807, 2.05) is 66.8 Å². The van der Waals surface area contributed by atoms with E-state index in [0.717, 1.165) is 52.7 Å². The number of nitrogens with zero attached hydrogens (tertiary/aromatic N) is 4. The Kier molecular flexibility index (Phi) is 5.82. The predicted molar refractivity (Wildman–Crippen MR) is 142 cm³/mol. The first kappa shape index (κ1) is 22.6. The summed E-state index contributed by atoms with van der Waals surface area (Å²) in [7, 11) is 1.92. The second-order valence-electron chi connectivity index (χ2n) is 9.42. The van der Waals surface area contributed by atoms with Crippen LogP contribution in [0.4, 0.5) is 0 Å². The molecular weight excluding hydrogens is 470 g/mol. The summed E-state index contributed by atoms with van der Waals surface area (Å²) in [5.74, 6) is 0.0577. The molecule has 6 rings (SSSR count). The maximum Gasteiger partial charge on any atom is 0.254 e. The molecule has 1 fully saturated rings. The number of hydrogen-bond acceptors (Lipinski definition) is 3. The molecular formula is C29H26ClN5O. The van der Waals surface area contributed by atoms with E-state index < -0.39 is 0 Å². The van der Waals surface area contributed by atoms with E-state index in [9.17, 15) is 4.79 Å². The number of rotatable bonds is 5. The lowest BCUT2D eigenvalue weighted by Gasteiger charge is -2.25. The fourth-order valence-electron chi connectivity index (χ4n) is 5.13. The molecule has 0 aliphatic carbocycles. The lowest BCUT2D eigenvalue weighted by molar-refractivity contribution is 0.0736. The Morgan fingerprint density at radius 1 is 1.06 bits per heavy atom. The van der Waals surface area contributed by atoms with Crippen molar-refractivity contribution < 1.29 is 4.79 Å². The summed E-state index contributed by atoms with van der Waals surface area (Å²) >= 11 is 6.07. The average molecular weight is 496 g/mol. The van der Waals surface area contributed by atoms with Crippen molar-refractivity contribution in [1.29, 1.82) is 0 Å². The van der Waals surface area contributed by atoms with Crippen molar-refractivity contribution in [1.82, 2.24) is 24.9 Å². The number of aryl methyl sites for hydroxylation is 1. The van der Waals surface area contributed by atoms with Crippen molar-refractivity contribution in [3.05, 3.63) is 107 Å². The molecule has 0 spiro atoms. The molecule has 2 aromatic heterocycles. The fourth-order valence-corrected chi connectivity index (χ4v) is 5.25. The summed E-state index contributed by atoms with van der Waals surface area (Å²) in [5, 5.41) is 13.6. The van der Waals surface area contributed by atoms with Crippen molar-refractivity contribution in [3.63, 3.8) is 0 Å². The first-order valence-corrected chi connectivity index (χ1v) is 12.5. The van der Waals surface area contributed by atoms with Crippen LogP contribution in [0.5, 0.6) is 0 Å². The quantitative estimate of drug-likeness (QED) is 0.316. The topological polar surface area (TPSA) is 66.8 Å². The fraction of sp³-hybridized carbons (Fsp3) is 0.207. The maximum atomic E-state index is 13.6. The van der Waals surface area contributed by atoms with Crippen LogP contribution in [0.1, 0.15) is 46.1 Å². The minimum absolute atomic E-state index is 0.0577. The number of H-pyrrole nitrogens is 1. The number of carbonyl (C=O) groups excluding carboxylic acids is 1. The summed E-state index contributed by atoms with van der Waals surface area (Å²) in [6.07, 6.45) is 6.54. The Hall–Kier alpha value is -3.90. The van der Waals surface area contributed by atoms with Crippen LogP contribution in [0, 0.1) is 0 Å². The van der Waals surface area contributed by atoms with Gasteiger partial charge in [-0.15, -0.1) is 0 Å². The van der Waals surface area contributed by atoms with Gasteiger partial charge in [0.25, 0.3) is 5.91 Å². The van der Waals surface area contributed by atoms with Crippen molar-refractivity contribution in [2.75, 3.05) is 6.54 Å². The van der Waals surface area contributed by atoms with Crippen LogP contribution in [0.2, 0.25) is 5.02 Å². The Morgan fingerprint density at radius 3 is 2.61 bits per heavy atom. The van der Waals surface area contributed by atoms with Crippen LogP contribution >= 0.6 is 11.6 Å². The van der Waals surface area contributed by atoms with E-state index in [1.165, 1.54) is 5.56 Å². The van der Waals surface area contributed by atoms with Gasteiger partial charge >= 0.3 is 0 Å². The van der Waals surface area contributed by atoms with E-state index in [1.54, 1.807) is 4.68 Å². The Morgan fingerprint density at radius 2 is 1.86 bits per heavy atom. The van der Waals surface area contributed by atoms with Crippen LogP contribution < -0.4 is 0 Å². The van der Waals surface area contributed by atoms with E-state index in [-0.39, 0.29) is 11.9 Å². The minimum Gasteiger partial charge on any atom is -0.332 e. The van der Waals surface area contributed by atoms with Crippen LogP contribution in [-0.2, 0) is 13.5 Å². The molecule has 36 heavy (non-hydrogen) atoms. The lowest BCUT2D eigenvalue weighted by Crippen LogP contribution is -2.30. The zero-order chi connectivity index (χ0) is 24.6. The van der Waals surface area contributed by atoms with Gasteiger partial charge in [-0.2, -0.15) is 10.2 Å². The standard InChI is InChI=1S/C29H26ClN5O/c1-34-18-23(17-31-34)20-6-4-19(5-7-20)15-27-25-16-22(10-13-26(25)32-33-27)29(36)35-14-2-3-28(35)21-8-11-24(30)12-9-21/h4-13,16-18,28H,2-3,14-15H2,1H3,(H,32,33)/t28-/m1/s1. The molecule has 7 heteroatoms. The number of amides is 1. The van der Waals surface area contributed by atoms with Gasteiger partial charge in [-0.05, 0) is 59.9 Å². The Labute approximate surface area is 214 Å². The van der Waals surface area contributed by atoms with Crippen LogP contribution in [-0.4, -0.2) is 37.3 Å². The second kappa shape index (κ2) is 9.28. The number of likely N-dealkylation sites (tertiary alicyclic amines) is 1. The number of halogens is 1. The highest BCUT2D eigenvalue weighted by molar-refractivity contribution is 6.30. The molecule has 0 bridgehead atoms. The van der Waals surface area contributed by atoms with E-state index in [2.05, 4.69) is 39.6 Å². The van der Waals surface area contributed by atoms with Crippen LogP contribution in [0.3, 0.4) is 0 Å².